The minimum atomic E-state index is 0.201. The van der Waals surface area contributed by atoms with Gasteiger partial charge in [-0.2, -0.15) is 5.10 Å². The van der Waals surface area contributed by atoms with Crippen LogP contribution in [0.4, 0.5) is 0 Å². The van der Waals surface area contributed by atoms with E-state index in [1.165, 1.54) is 0 Å². The molecule has 4 nitrogen and oxygen atoms in total. The Labute approximate surface area is 83.1 Å². The average Bonchev–Trinajstić information content (AvgIpc) is 2.42. The molecule has 2 N–H and O–H groups in total. The minimum absolute atomic E-state index is 0.201. The second kappa shape index (κ2) is 3.20. The van der Waals surface area contributed by atoms with Crippen molar-refractivity contribution in [2.45, 2.75) is 19.8 Å². The lowest BCUT2D eigenvalue weighted by molar-refractivity contribution is 0.0949. The molecule has 14 heavy (non-hydrogen) atoms. The Hall–Kier alpha value is -1.16. The summed E-state index contributed by atoms with van der Waals surface area (Å²) in [6, 6.07) is 0. The zero-order valence-electron chi connectivity index (χ0n) is 8.58. The fourth-order valence-electron chi connectivity index (χ4n) is 2.18. The maximum Gasteiger partial charge on any atom is 0.166 e. The molecule has 1 aromatic rings. The Bertz CT molecular complexity index is 381. The van der Waals surface area contributed by atoms with Gasteiger partial charge in [-0.15, -0.1) is 0 Å². The van der Waals surface area contributed by atoms with Crippen LogP contribution in [0.5, 0.6) is 0 Å². The van der Waals surface area contributed by atoms with Gasteiger partial charge in [-0.25, -0.2) is 0 Å². The lowest BCUT2D eigenvalue weighted by Crippen LogP contribution is -2.27. The monoisotopic (exact) mass is 193 g/mol. The summed E-state index contributed by atoms with van der Waals surface area (Å²) in [4.78, 5) is 11.8. The lowest BCUT2D eigenvalue weighted by atomic mass is 9.86. The van der Waals surface area contributed by atoms with Crippen LogP contribution in [-0.4, -0.2) is 22.1 Å². The van der Waals surface area contributed by atoms with Crippen LogP contribution in [0.2, 0.25) is 0 Å². The number of ketones is 1. The van der Waals surface area contributed by atoms with Crippen LogP contribution in [0.15, 0.2) is 0 Å². The highest BCUT2D eigenvalue weighted by molar-refractivity contribution is 5.99. The molecule has 0 saturated carbocycles. The van der Waals surface area contributed by atoms with Crippen LogP contribution in [0.1, 0.15) is 28.2 Å². The number of aryl methyl sites for hydroxylation is 2. The van der Waals surface area contributed by atoms with Crippen molar-refractivity contribution < 1.29 is 4.79 Å². The number of nitrogens with zero attached hydrogens (tertiary/aromatic N) is 2. The van der Waals surface area contributed by atoms with E-state index in [1.54, 1.807) is 0 Å². The third kappa shape index (κ3) is 1.26. The molecule has 0 aliphatic heterocycles. The first-order valence-corrected chi connectivity index (χ1v) is 4.89. The highest BCUT2D eigenvalue weighted by atomic mass is 16.1. The van der Waals surface area contributed by atoms with Crippen LogP contribution in [0.3, 0.4) is 0 Å². The van der Waals surface area contributed by atoms with Crippen molar-refractivity contribution in [3.05, 3.63) is 17.0 Å². The lowest BCUT2D eigenvalue weighted by Gasteiger charge is -2.20. The van der Waals surface area contributed by atoms with Gasteiger partial charge in [0.25, 0.3) is 0 Å². The van der Waals surface area contributed by atoms with E-state index in [9.17, 15) is 4.79 Å². The van der Waals surface area contributed by atoms with Gasteiger partial charge in [-0.3, -0.25) is 9.48 Å². The second-order valence-corrected chi connectivity index (χ2v) is 3.96. The van der Waals surface area contributed by atoms with Gasteiger partial charge in [0.15, 0.2) is 5.78 Å². The molecule has 1 aromatic heterocycles. The highest BCUT2D eigenvalue weighted by Crippen LogP contribution is 2.26. The number of nitrogens with two attached hydrogens (primary N) is 1. The standard InChI is InChI=1S/C10H15N3O/c1-6-10-8(13(2)12-6)3-7(5-11)4-9(10)14/h7H,3-5,11H2,1-2H3. The summed E-state index contributed by atoms with van der Waals surface area (Å²) in [5.41, 5.74) is 8.33. The number of carbonyl (C=O) groups excluding carboxylic acids is 1. The topological polar surface area (TPSA) is 60.9 Å². The number of fused-ring (bicyclic) bond motifs is 1. The van der Waals surface area contributed by atoms with Crippen molar-refractivity contribution in [1.82, 2.24) is 9.78 Å². The first-order chi connectivity index (χ1) is 6.63. The van der Waals surface area contributed by atoms with E-state index in [0.29, 0.717) is 18.9 Å². The Kier molecular flexibility index (Phi) is 2.15. The Balaban J connectivity index is 2.47. The molecule has 1 aliphatic carbocycles. The number of rotatable bonds is 1. The molecule has 0 aromatic carbocycles. The van der Waals surface area contributed by atoms with Crippen LogP contribution in [0.25, 0.3) is 0 Å². The Morgan fingerprint density at radius 1 is 1.57 bits per heavy atom. The molecule has 2 rings (SSSR count). The normalized spacial score (nSPS) is 21.1. The third-order valence-electron chi connectivity index (χ3n) is 2.91. The van der Waals surface area contributed by atoms with Crippen molar-refractivity contribution >= 4 is 5.78 Å². The zero-order valence-corrected chi connectivity index (χ0v) is 8.58. The van der Waals surface area contributed by atoms with Crippen molar-refractivity contribution in [1.29, 1.82) is 0 Å². The van der Waals surface area contributed by atoms with Gasteiger partial charge in [0, 0.05) is 19.2 Å². The van der Waals surface area contributed by atoms with Gasteiger partial charge in [0.1, 0.15) is 0 Å². The third-order valence-corrected chi connectivity index (χ3v) is 2.91. The van der Waals surface area contributed by atoms with Gasteiger partial charge in [-0.05, 0) is 25.8 Å². The molecular formula is C10H15N3O. The summed E-state index contributed by atoms with van der Waals surface area (Å²) in [5.74, 6) is 0.497. The maximum absolute atomic E-state index is 11.8. The van der Waals surface area contributed by atoms with E-state index < -0.39 is 0 Å². The van der Waals surface area contributed by atoms with E-state index in [-0.39, 0.29) is 5.78 Å². The molecule has 0 fully saturated rings. The second-order valence-electron chi connectivity index (χ2n) is 3.96. The molecule has 0 spiro atoms. The average molecular weight is 193 g/mol. The number of Topliss-reactive ketones (excluding diaryl/α,β-unsaturated/α-hetero) is 1. The van der Waals surface area contributed by atoms with Gasteiger partial charge >= 0.3 is 0 Å². The molecule has 0 radical (unpaired) electrons. The fourth-order valence-corrected chi connectivity index (χ4v) is 2.18. The van der Waals surface area contributed by atoms with Gasteiger partial charge in [-0.1, -0.05) is 0 Å². The zero-order chi connectivity index (χ0) is 10.3. The number of aromatic nitrogens is 2. The van der Waals surface area contributed by atoms with Gasteiger partial charge in [0.2, 0.25) is 0 Å². The number of hydrogen-bond donors (Lipinski definition) is 1. The Morgan fingerprint density at radius 3 is 2.93 bits per heavy atom. The van der Waals surface area contributed by atoms with Crippen molar-refractivity contribution in [2.75, 3.05) is 6.54 Å². The van der Waals surface area contributed by atoms with E-state index in [2.05, 4.69) is 5.10 Å². The van der Waals surface area contributed by atoms with Crippen molar-refractivity contribution in [2.24, 2.45) is 18.7 Å². The van der Waals surface area contributed by atoms with E-state index in [4.69, 9.17) is 5.73 Å². The molecule has 76 valence electrons. The molecule has 1 atom stereocenters. The van der Waals surface area contributed by atoms with E-state index >= 15 is 0 Å². The maximum atomic E-state index is 11.8. The molecule has 1 heterocycles. The first-order valence-electron chi connectivity index (χ1n) is 4.89. The highest BCUT2D eigenvalue weighted by Gasteiger charge is 2.29. The molecule has 0 bridgehead atoms. The summed E-state index contributed by atoms with van der Waals surface area (Å²) in [5, 5.41) is 4.27. The van der Waals surface area contributed by atoms with Crippen molar-refractivity contribution in [3.63, 3.8) is 0 Å². The predicted octanol–water partition coefficient (Wildman–Crippen LogP) is 0.432. The molecule has 1 unspecified atom stereocenters. The number of carbonyl (C=O) groups is 1. The molecule has 1 aliphatic rings. The largest absolute Gasteiger partial charge is 0.330 e. The summed E-state index contributed by atoms with van der Waals surface area (Å²) in [7, 11) is 1.89. The SMILES string of the molecule is Cc1nn(C)c2c1C(=O)CC(CN)C2. The van der Waals surface area contributed by atoms with Gasteiger partial charge in [0.05, 0.1) is 11.3 Å². The van der Waals surface area contributed by atoms with Crippen LogP contribution >= 0.6 is 0 Å². The quantitative estimate of drug-likeness (QED) is 0.703. The fraction of sp³-hybridized carbons (Fsp3) is 0.600. The van der Waals surface area contributed by atoms with Crippen LogP contribution < -0.4 is 5.73 Å². The Morgan fingerprint density at radius 2 is 2.29 bits per heavy atom. The van der Waals surface area contributed by atoms with Crippen LogP contribution in [0, 0.1) is 12.8 Å². The van der Waals surface area contributed by atoms with E-state index in [1.807, 2.05) is 18.7 Å². The summed E-state index contributed by atoms with van der Waals surface area (Å²) in [6.07, 6.45) is 1.46. The number of hydrogen-bond acceptors (Lipinski definition) is 3. The predicted molar refractivity (Wildman–Crippen MR) is 53.1 cm³/mol. The summed E-state index contributed by atoms with van der Waals surface area (Å²) >= 11 is 0. The molecular weight excluding hydrogens is 178 g/mol. The smallest absolute Gasteiger partial charge is 0.166 e. The molecule has 0 amide bonds. The van der Waals surface area contributed by atoms with E-state index in [0.717, 1.165) is 23.4 Å². The van der Waals surface area contributed by atoms with Crippen LogP contribution in [-0.2, 0) is 13.5 Å². The molecule has 0 saturated heterocycles. The minimum Gasteiger partial charge on any atom is -0.330 e. The van der Waals surface area contributed by atoms with Gasteiger partial charge < -0.3 is 5.73 Å². The summed E-state index contributed by atoms with van der Waals surface area (Å²) in [6.45, 7) is 2.47. The van der Waals surface area contributed by atoms with Crippen molar-refractivity contribution in [3.8, 4) is 0 Å². The first kappa shape index (κ1) is 9.40. The molecule has 4 heteroatoms. The summed E-state index contributed by atoms with van der Waals surface area (Å²) < 4.78 is 1.81.